The summed E-state index contributed by atoms with van der Waals surface area (Å²) < 4.78 is 29.4. The maximum Gasteiger partial charge on any atom is 0.238 e. The van der Waals surface area contributed by atoms with E-state index < -0.39 is 10.0 Å². The van der Waals surface area contributed by atoms with Gasteiger partial charge in [-0.25, -0.2) is 13.6 Å². The van der Waals surface area contributed by atoms with Crippen LogP contribution in [0.25, 0.3) is 11.1 Å². The molecule has 1 aliphatic rings. The molecule has 0 unspecified atom stereocenters. The molecule has 0 aromatic heterocycles. The molecule has 9 heteroatoms. The number of ether oxygens (including phenoxy) is 1. The van der Waals surface area contributed by atoms with E-state index in [2.05, 4.69) is 47.4 Å². The highest BCUT2D eigenvalue weighted by atomic mass is 35.5. The zero-order chi connectivity index (χ0) is 31.5. The zero-order valence-corrected chi connectivity index (χ0v) is 27.9. The summed E-state index contributed by atoms with van der Waals surface area (Å²) in [6, 6.07) is 33.3. The van der Waals surface area contributed by atoms with Gasteiger partial charge in [-0.1, -0.05) is 72.8 Å². The molecule has 46 heavy (non-hydrogen) atoms. The number of aryl methyl sites for hydroxylation is 1. The molecule has 1 saturated heterocycles. The van der Waals surface area contributed by atoms with Gasteiger partial charge in [-0.15, -0.1) is 12.4 Å². The number of likely N-dealkylation sites (tertiary alicyclic amines) is 1. The van der Waals surface area contributed by atoms with Crippen molar-refractivity contribution in [1.82, 2.24) is 9.80 Å². The van der Waals surface area contributed by atoms with Crippen molar-refractivity contribution in [2.24, 2.45) is 5.14 Å². The molecule has 244 valence electrons. The van der Waals surface area contributed by atoms with Crippen LogP contribution < -0.4 is 9.88 Å². The lowest BCUT2D eigenvalue weighted by Gasteiger charge is -2.24. The van der Waals surface area contributed by atoms with Gasteiger partial charge in [0.15, 0.2) is 0 Å². The molecular formula is C37H44ClN3O4S. The van der Waals surface area contributed by atoms with Gasteiger partial charge in [-0.05, 0) is 103 Å². The van der Waals surface area contributed by atoms with E-state index in [1.165, 1.54) is 30.5 Å². The number of halogens is 1. The predicted octanol–water partition coefficient (Wildman–Crippen LogP) is 6.49. The number of sulfonamides is 1. The van der Waals surface area contributed by atoms with Crippen LogP contribution in [0, 0.1) is 0 Å². The van der Waals surface area contributed by atoms with Crippen LogP contribution in [0.5, 0.6) is 5.75 Å². The molecular weight excluding hydrogens is 618 g/mol. The maximum absolute atomic E-state index is 13.6. The van der Waals surface area contributed by atoms with Gasteiger partial charge in [0, 0.05) is 26.1 Å². The van der Waals surface area contributed by atoms with Gasteiger partial charge in [0.05, 0.1) is 4.90 Å². The minimum atomic E-state index is -3.75. The van der Waals surface area contributed by atoms with Crippen LogP contribution in [-0.4, -0.2) is 56.9 Å². The van der Waals surface area contributed by atoms with Gasteiger partial charge >= 0.3 is 0 Å². The van der Waals surface area contributed by atoms with Crippen LogP contribution >= 0.6 is 12.4 Å². The molecule has 4 aromatic carbocycles. The van der Waals surface area contributed by atoms with Crippen LogP contribution in [0.1, 0.15) is 42.4 Å². The summed E-state index contributed by atoms with van der Waals surface area (Å²) in [5.41, 5.74) is 5.37. The highest BCUT2D eigenvalue weighted by Gasteiger charge is 2.16. The van der Waals surface area contributed by atoms with Gasteiger partial charge in [0.25, 0.3) is 0 Å². The van der Waals surface area contributed by atoms with E-state index in [1.54, 1.807) is 12.1 Å². The number of benzene rings is 4. The molecule has 7 nitrogen and oxygen atoms in total. The van der Waals surface area contributed by atoms with E-state index in [0.29, 0.717) is 32.5 Å². The Morgan fingerprint density at radius 1 is 0.783 bits per heavy atom. The van der Waals surface area contributed by atoms with Crippen molar-refractivity contribution in [3.63, 3.8) is 0 Å². The van der Waals surface area contributed by atoms with Crippen LogP contribution in [0.4, 0.5) is 0 Å². The van der Waals surface area contributed by atoms with Crippen LogP contribution in [0.2, 0.25) is 0 Å². The van der Waals surface area contributed by atoms with Crippen molar-refractivity contribution in [2.45, 2.75) is 50.0 Å². The van der Waals surface area contributed by atoms with Gasteiger partial charge in [-0.3, -0.25) is 9.69 Å². The number of amides is 1. The number of rotatable bonds is 15. The first-order chi connectivity index (χ1) is 21.8. The average molecular weight is 662 g/mol. The van der Waals surface area contributed by atoms with Crippen molar-refractivity contribution in [3.05, 3.63) is 120 Å². The summed E-state index contributed by atoms with van der Waals surface area (Å²) in [5.74, 6) is 0.965. The first kappa shape index (κ1) is 35.2. The Morgan fingerprint density at radius 2 is 1.43 bits per heavy atom. The molecule has 5 rings (SSSR count). The van der Waals surface area contributed by atoms with E-state index in [0.717, 1.165) is 60.5 Å². The number of primary sulfonamides is 1. The summed E-state index contributed by atoms with van der Waals surface area (Å²) in [4.78, 5) is 18.0. The number of nitrogens with two attached hydrogens (primary N) is 1. The van der Waals surface area contributed by atoms with Crippen molar-refractivity contribution < 1.29 is 17.9 Å². The fourth-order valence-corrected chi connectivity index (χ4v) is 6.30. The Balaban J connectivity index is 0.00000480. The molecule has 0 bridgehead atoms. The minimum Gasteiger partial charge on any atom is -0.492 e. The zero-order valence-electron chi connectivity index (χ0n) is 26.2. The van der Waals surface area contributed by atoms with E-state index in [9.17, 15) is 13.2 Å². The Morgan fingerprint density at radius 3 is 2.15 bits per heavy atom. The van der Waals surface area contributed by atoms with Gasteiger partial charge in [0.1, 0.15) is 12.4 Å². The third-order valence-electron chi connectivity index (χ3n) is 8.32. The van der Waals surface area contributed by atoms with E-state index >= 15 is 0 Å². The summed E-state index contributed by atoms with van der Waals surface area (Å²) in [5, 5.41) is 5.26. The first-order valence-corrected chi connectivity index (χ1v) is 17.4. The van der Waals surface area contributed by atoms with Crippen molar-refractivity contribution in [1.29, 1.82) is 0 Å². The molecule has 1 aliphatic heterocycles. The third kappa shape index (κ3) is 10.7. The normalized spacial score (nSPS) is 13.2. The molecule has 2 N–H and O–H groups in total. The second kappa shape index (κ2) is 17.3. The average Bonchev–Trinajstić information content (AvgIpc) is 3.57. The van der Waals surface area contributed by atoms with Gasteiger partial charge in [-0.2, -0.15) is 0 Å². The molecule has 1 heterocycles. The fraction of sp³-hybridized carbons (Fsp3) is 0.324. The summed E-state index contributed by atoms with van der Waals surface area (Å²) in [6.45, 7) is 4.95. The second-order valence-corrected chi connectivity index (χ2v) is 13.3. The number of carbonyl (C=O) groups is 1. The maximum atomic E-state index is 13.6. The molecule has 0 aliphatic carbocycles. The molecule has 0 spiro atoms. The first-order valence-electron chi connectivity index (χ1n) is 15.8. The highest BCUT2D eigenvalue weighted by molar-refractivity contribution is 7.89. The number of hydrogen-bond acceptors (Lipinski definition) is 5. The van der Waals surface area contributed by atoms with E-state index in [4.69, 9.17) is 9.88 Å². The fourth-order valence-electron chi connectivity index (χ4n) is 5.78. The Kier molecular flexibility index (Phi) is 13.2. The lowest BCUT2D eigenvalue weighted by molar-refractivity contribution is -0.131. The quantitative estimate of drug-likeness (QED) is 0.157. The SMILES string of the molecule is Cl.NS(=O)(=O)c1ccc(CCN(Cc2cccc(-c3cccc(OCCN4CCCC4)c3)c2)C(=O)CCCc2ccccc2)cc1. The smallest absolute Gasteiger partial charge is 0.238 e. The second-order valence-electron chi connectivity index (χ2n) is 11.7. The Labute approximate surface area is 279 Å². The molecule has 0 saturated carbocycles. The number of nitrogens with zero attached hydrogens (tertiary/aromatic N) is 2. The van der Waals surface area contributed by atoms with Crippen molar-refractivity contribution >= 4 is 28.3 Å². The van der Waals surface area contributed by atoms with Gasteiger partial charge in [0.2, 0.25) is 15.9 Å². The molecule has 4 aromatic rings. The predicted molar refractivity (Wildman–Crippen MR) is 187 cm³/mol. The third-order valence-corrected chi connectivity index (χ3v) is 9.25. The molecule has 1 fully saturated rings. The summed E-state index contributed by atoms with van der Waals surface area (Å²) >= 11 is 0. The molecule has 1 amide bonds. The molecule has 0 atom stereocenters. The van der Waals surface area contributed by atoms with Crippen molar-refractivity contribution in [3.8, 4) is 16.9 Å². The number of carbonyl (C=O) groups excluding carboxylic acids is 1. The monoisotopic (exact) mass is 661 g/mol. The van der Waals surface area contributed by atoms with E-state index in [1.807, 2.05) is 41.3 Å². The van der Waals surface area contributed by atoms with Crippen LogP contribution in [-0.2, 0) is 34.2 Å². The topological polar surface area (TPSA) is 92.9 Å². The largest absolute Gasteiger partial charge is 0.492 e. The molecule has 0 radical (unpaired) electrons. The summed E-state index contributed by atoms with van der Waals surface area (Å²) in [6.07, 6.45) is 5.23. The van der Waals surface area contributed by atoms with Crippen LogP contribution in [0.15, 0.2) is 108 Å². The summed E-state index contributed by atoms with van der Waals surface area (Å²) in [7, 11) is -3.75. The Bertz CT molecular complexity index is 1640. The lowest BCUT2D eigenvalue weighted by Crippen LogP contribution is -2.32. The highest BCUT2D eigenvalue weighted by Crippen LogP contribution is 2.26. The Hall–Kier alpha value is -3.69. The standard InChI is InChI=1S/C37H43N3O4S.ClH/c38-45(42,43)36-19-17-31(18-20-36)21-24-40(37(41)16-7-11-30-9-2-1-3-10-30)29-32-12-6-13-33(27-32)34-14-8-15-35(28-34)44-26-25-39-22-4-5-23-39;/h1-3,6,8-10,12-15,17-20,27-28H,4-5,7,11,16,21-26,29H2,(H2,38,42,43);1H. The number of hydrogen-bond donors (Lipinski definition) is 1. The minimum absolute atomic E-state index is 0. The van der Waals surface area contributed by atoms with E-state index in [-0.39, 0.29) is 23.2 Å². The van der Waals surface area contributed by atoms with Crippen molar-refractivity contribution in [2.75, 3.05) is 32.8 Å². The lowest BCUT2D eigenvalue weighted by atomic mass is 10.0. The van der Waals surface area contributed by atoms with Gasteiger partial charge < -0.3 is 9.64 Å². The van der Waals surface area contributed by atoms with Crippen LogP contribution in [0.3, 0.4) is 0 Å².